The lowest BCUT2D eigenvalue weighted by atomic mass is 10.1. The predicted molar refractivity (Wildman–Crippen MR) is 85.5 cm³/mol. The number of hydrogen-bond donors (Lipinski definition) is 3. The molecule has 3 aromatic rings. The minimum Gasteiger partial charge on any atom is -0.493 e. The molecule has 0 aliphatic heterocycles. The fourth-order valence-electron chi connectivity index (χ4n) is 2.15. The molecule has 0 aromatic carbocycles. The van der Waals surface area contributed by atoms with Crippen LogP contribution in [0.15, 0.2) is 29.0 Å². The minimum absolute atomic E-state index is 0.133. The maximum atomic E-state index is 13.3. The van der Waals surface area contributed by atoms with Crippen molar-refractivity contribution in [2.75, 3.05) is 5.32 Å². The normalized spacial score (nSPS) is 12.3. The number of aromatic nitrogens is 4. The Hall–Kier alpha value is -2.75. The molecule has 0 aliphatic carbocycles. The van der Waals surface area contributed by atoms with Gasteiger partial charge in [0.1, 0.15) is 11.6 Å². The van der Waals surface area contributed by atoms with Gasteiger partial charge in [-0.1, -0.05) is 0 Å². The van der Waals surface area contributed by atoms with E-state index in [1.54, 1.807) is 13.1 Å². The number of fused-ring (bicyclic) bond motifs is 1. The van der Waals surface area contributed by atoms with Crippen molar-refractivity contribution < 1.29 is 19.4 Å². The molecular weight excluding hydrogens is 385 g/mol. The first-order chi connectivity index (χ1) is 11.3. The molecule has 24 heavy (non-hydrogen) atoms. The molecule has 0 saturated carbocycles. The molecule has 124 valence electrons. The lowest BCUT2D eigenvalue weighted by molar-refractivity contribution is 0.0690. The monoisotopic (exact) mass is 395 g/mol. The SMILES string of the molecule is CC(Nc1nc2cc(C(=O)O)nn2cc1Br)c1cc(F)cnc1O. The molecule has 0 spiro atoms. The fraction of sp³-hybridized carbons (Fsp3) is 0.143. The zero-order valence-corrected chi connectivity index (χ0v) is 13.8. The second-order valence-corrected chi connectivity index (χ2v) is 5.86. The van der Waals surface area contributed by atoms with Gasteiger partial charge < -0.3 is 15.5 Å². The third-order valence-corrected chi connectivity index (χ3v) is 3.89. The Morgan fingerprint density at radius 1 is 1.46 bits per heavy atom. The molecule has 0 amide bonds. The van der Waals surface area contributed by atoms with E-state index < -0.39 is 17.8 Å². The van der Waals surface area contributed by atoms with E-state index in [4.69, 9.17) is 5.11 Å². The van der Waals surface area contributed by atoms with Gasteiger partial charge in [-0.3, -0.25) is 0 Å². The highest BCUT2D eigenvalue weighted by molar-refractivity contribution is 9.10. The van der Waals surface area contributed by atoms with Crippen LogP contribution in [0.3, 0.4) is 0 Å². The summed E-state index contributed by atoms with van der Waals surface area (Å²) in [6, 6.07) is 2.00. The van der Waals surface area contributed by atoms with Crippen LogP contribution in [0.25, 0.3) is 5.65 Å². The van der Waals surface area contributed by atoms with E-state index in [0.29, 0.717) is 15.9 Å². The highest BCUT2D eigenvalue weighted by Crippen LogP contribution is 2.28. The van der Waals surface area contributed by atoms with Crippen molar-refractivity contribution in [2.24, 2.45) is 0 Å². The molecule has 0 fully saturated rings. The van der Waals surface area contributed by atoms with Gasteiger partial charge in [0.05, 0.1) is 16.7 Å². The highest BCUT2D eigenvalue weighted by Gasteiger charge is 2.17. The molecule has 3 rings (SSSR count). The second-order valence-electron chi connectivity index (χ2n) is 5.01. The van der Waals surface area contributed by atoms with E-state index in [2.05, 4.69) is 36.3 Å². The molecule has 1 atom stereocenters. The summed E-state index contributed by atoms with van der Waals surface area (Å²) in [6.07, 6.45) is 2.47. The van der Waals surface area contributed by atoms with Crippen molar-refractivity contribution in [3.8, 4) is 5.88 Å². The van der Waals surface area contributed by atoms with Crippen molar-refractivity contribution in [3.63, 3.8) is 0 Å². The lowest BCUT2D eigenvalue weighted by Gasteiger charge is -2.16. The number of carboxylic acids is 1. The van der Waals surface area contributed by atoms with Crippen molar-refractivity contribution >= 4 is 33.4 Å². The van der Waals surface area contributed by atoms with Gasteiger partial charge in [-0.05, 0) is 28.9 Å². The van der Waals surface area contributed by atoms with E-state index in [9.17, 15) is 14.3 Å². The standard InChI is InChI=1S/C14H11BrFN5O3/c1-6(8-2-7(16)4-17-13(8)22)18-12-9(15)5-21-11(19-12)3-10(20-21)14(23)24/h2-6H,1H3,(H,17,22)(H,18,19)(H,23,24). The van der Waals surface area contributed by atoms with Crippen molar-refractivity contribution in [1.29, 1.82) is 0 Å². The minimum atomic E-state index is -1.16. The van der Waals surface area contributed by atoms with Gasteiger partial charge in [-0.25, -0.2) is 23.7 Å². The largest absolute Gasteiger partial charge is 0.493 e. The molecule has 0 radical (unpaired) electrons. The van der Waals surface area contributed by atoms with Gasteiger partial charge in [-0.2, -0.15) is 5.10 Å². The van der Waals surface area contributed by atoms with E-state index in [1.807, 2.05) is 0 Å². The molecule has 3 N–H and O–H groups in total. The van der Waals surface area contributed by atoms with Crippen LogP contribution in [-0.2, 0) is 0 Å². The number of halogens is 2. The number of carboxylic acid groups (broad SMARTS) is 1. The van der Waals surface area contributed by atoms with E-state index in [-0.39, 0.29) is 17.1 Å². The van der Waals surface area contributed by atoms with Gasteiger partial charge in [-0.15, -0.1) is 0 Å². The summed E-state index contributed by atoms with van der Waals surface area (Å²) >= 11 is 3.31. The molecule has 0 aliphatic rings. The quantitative estimate of drug-likeness (QED) is 0.622. The number of anilines is 1. The first kappa shape index (κ1) is 16.1. The summed E-state index contributed by atoms with van der Waals surface area (Å²) in [6.45, 7) is 1.70. The summed E-state index contributed by atoms with van der Waals surface area (Å²) in [7, 11) is 0. The van der Waals surface area contributed by atoms with E-state index in [0.717, 1.165) is 6.20 Å². The third-order valence-electron chi connectivity index (χ3n) is 3.30. The molecule has 0 saturated heterocycles. The van der Waals surface area contributed by atoms with E-state index >= 15 is 0 Å². The molecule has 8 nitrogen and oxygen atoms in total. The number of nitrogens with zero attached hydrogens (tertiary/aromatic N) is 4. The number of pyridine rings is 1. The molecule has 3 aromatic heterocycles. The smallest absolute Gasteiger partial charge is 0.356 e. The van der Waals surface area contributed by atoms with Crippen molar-refractivity contribution in [1.82, 2.24) is 19.6 Å². The maximum absolute atomic E-state index is 13.3. The van der Waals surface area contributed by atoms with Gasteiger partial charge in [0.2, 0.25) is 5.88 Å². The average molecular weight is 396 g/mol. The Morgan fingerprint density at radius 2 is 2.21 bits per heavy atom. The van der Waals surface area contributed by atoms with Crippen molar-refractivity contribution in [2.45, 2.75) is 13.0 Å². The Kier molecular flexibility index (Phi) is 4.06. The Balaban J connectivity index is 1.95. The summed E-state index contributed by atoms with van der Waals surface area (Å²) in [5.74, 6) is -1.63. The first-order valence-electron chi connectivity index (χ1n) is 6.75. The van der Waals surface area contributed by atoms with Crippen LogP contribution in [0.4, 0.5) is 10.2 Å². The van der Waals surface area contributed by atoms with Crippen LogP contribution in [0, 0.1) is 5.82 Å². The molecular formula is C14H11BrFN5O3. The van der Waals surface area contributed by atoms with Crippen LogP contribution in [0.5, 0.6) is 5.88 Å². The summed E-state index contributed by atoms with van der Waals surface area (Å²) in [4.78, 5) is 18.8. The van der Waals surface area contributed by atoms with Crippen molar-refractivity contribution in [3.05, 3.63) is 46.1 Å². The van der Waals surface area contributed by atoms with Gasteiger partial charge in [0.25, 0.3) is 0 Å². The first-order valence-corrected chi connectivity index (χ1v) is 7.54. The van der Waals surface area contributed by atoms with Crippen LogP contribution < -0.4 is 5.32 Å². The van der Waals surface area contributed by atoms with Crippen LogP contribution >= 0.6 is 15.9 Å². The van der Waals surface area contributed by atoms with E-state index in [1.165, 1.54) is 16.6 Å². The second kappa shape index (κ2) is 6.04. The maximum Gasteiger partial charge on any atom is 0.356 e. The lowest BCUT2D eigenvalue weighted by Crippen LogP contribution is -2.10. The number of rotatable bonds is 4. The summed E-state index contributed by atoms with van der Waals surface area (Å²) < 4.78 is 15.2. The summed E-state index contributed by atoms with van der Waals surface area (Å²) in [5, 5.41) is 25.6. The van der Waals surface area contributed by atoms with Crippen LogP contribution in [0.2, 0.25) is 0 Å². The Bertz CT molecular complexity index is 946. The Morgan fingerprint density at radius 3 is 2.92 bits per heavy atom. The molecule has 1 unspecified atom stereocenters. The van der Waals surface area contributed by atoms with Crippen LogP contribution in [-0.4, -0.2) is 35.8 Å². The highest BCUT2D eigenvalue weighted by atomic mass is 79.9. The molecule has 10 heteroatoms. The summed E-state index contributed by atoms with van der Waals surface area (Å²) in [5.41, 5.74) is 0.460. The fourth-order valence-corrected chi connectivity index (χ4v) is 2.55. The van der Waals surface area contributed by atoms with Gasteiger partial charge >= 0.3 is 5.97 Å². The average Bonchev–Trinajstić information content (AvgIpc) is 2.93. The van der Waals surface area contributed by atoms with Crippen LogP contribution in [0.1, 0.15) is 29.0 Å². The topological polar surface area (TPSA) is 113 Å². The number of aromatic hydroxyl groups is 1. The zero-order chi connectivity index (χ0) is 17.4. The predicted octanol–water partition coefficient (Wildman–Crippen LogP) is 2.60. The van der Waals surface area contributed by atoms with Gasteiger partial charge in [0.15, 0.2) is 11.3 Å². The molecule has 0 bridgehead atoms. The Labute approximate surface area is 143 Å². The van der Waals surface area contributed by atoms with Gasteiger partial charge in [0, 0.05) is 17.8 Å². The number of aromatic carboxylic acids is 1. The number of carbonyl (C=O) groups is 1. The zero-order valence-electron chi connectivity index (χ0n) is 12.2. The number of hydrogen-bond acceptors (Lipinski definition) is 6. The molecule has 3 heterocycles. The third kappa shape index (κ3) is 3.00. The number of nitrogens with one attached hydrogen (secondary N) is 1.